The highest BCUT2D eigenvalue weighted by atomic mass is 32.1. The zero-order chi connectivity index (χ0) is 19.9. The number of carbonyl (C=O) groups is 2. The second-order valence-electron chi connectivity index (χ2n) is 6.16. The molecule has 2 amide bonds. The summed E-state index contributed by atoms with van der Waals surface area (Å²) in [6, 6.07) is 13.5. The van der Waals surface area contributed by atoms with E-state index in [9.17, 15) is 14.0 Å². The summed E-state index contributed by atoms with van der Waals surface area (Å²) in [7, 11) is 0. The molecular formula is C21H20FN3O2S. The van der Waals surface area contributed by atoms with Gasteiger partial charge in [0.1, 0.15) is 10.8 Å². The minimum Gasteiger partial charge on any atom is -0.347 e. The Kier molecular flexibility index (Phi) is 6.49. The van der Waals surface area contributed by atoms with Crippen LogP contribution in [0.2, 0.25) is 0 Å². The van der Waals surface area contributed by atoms with E-state index in [1.165, 1.54) is 23.5 Å². The van der Waals surface area contributed by atoms with Crippen LogP contribution < -0.4 is 10.6 Å². The third kappa shape index (κ3) is 5.23. The molecule has 5 nitrogen and oxygen atoms in total. The highest BCUT2D eigenvalue weighted by molar-refractivity contribution is 7.13. The maximum absolute atomic E-state index is 13.0. The van der Waals surface area contributed by atoms with E-state index in [0.29, 0.717) is 18.7 Å². The van der Waals surface area contributed by atoms with E-state index in [4.69, 9.17) is 0 Å². The molecule has 0 aliphatic rings. The molecule has 0 aliphatic carbocycles. The third-order valence-electron chi connectivity index (χ3n) is 4.14. The zero-order valence-corrected chi connectivity index (χ0v) is 16.2. The Hall–Kier alpha value is -3.06. The molecule has 28 heavy (non-hydrogen) atoms. The number of nitrogens with zero attached hydrogens (tertiary/aromatic N) is 1. The van der Waals surface area contributed by atoms with Gasteiger partial charge in [-0.25, -0.2) is 9.37 Å². The number of hydrogen-bond acceptors (Lipinski definition) is 4. The van der Waals surface area contributed by atoms with E-state index in [2.05, 4.69) is 15.6 Å². The number of aryl methyl sites for hydroxylation is 1. The van der Waals surface area contributed by atoms with Crippen LogP contribution in [0.4, 0.5) is 10.1 Å². The Bertz CT molecular complexity index is 953. The zero-order valence-electron chi connectivity index (χ0n) is 15.4. The minimum atomic E-state index is -0.700. The van der Waals surface area contributed by atoms with Crippen LogP contribution in [0.25, 0.3) is 10.6 Å². The molecule has 0 spiro atoms. The number of aromatic nitrogens is 1. The first-order valence-electron chi connectivity index (χ1n) is 8.93. The lowest BCUT2D eigenvalue weighted by Crippen LogP contribution is -2.36. The molecular weight excluding hydrogens is 377 g/mol. The molecule has 0 radical (unpaired) electrons. The van der Waals surface area contributed by atoms with Crippen molar-refractivity contribution in [1.82, 2.24) is 10.3 Å². The van der Waals surface area contributed by atoms with Gasteiger partial charge in [0.2, 0.25) is 0 Å². The predicted molar refractivity (Wildman–Crippen MR) is 109 cm³/mol. The maximum Gasteiger partial charge on any atom is 0.313 e. The summed E-state index contributed by atoms with van der Waals surface area (Å²) in [4.78, 5) is 28.4. The highest BCUT2D eigenvalue weighted by Crippen LogP contribution is 2.23. The van der Waals surface area contributed by atoms with Crippen molar-refractivity contribution in [3.05, 3.63) is 71.0 Å². The fourth-order valence-corrected chi connectivity index (χ4v) is 3.40. The second kappa shape index (κ2) is 9.23. The molecule has 0 fully saturated rings. The molecule has 3 rings (SSSR count). The van der Waals surface area contributed by atoms with Crippen molar-refractivity contribution in [3.8, 4) is 10.6 Å². The summed E-state index contributed by atoms with van der Waals surface area (Å²) >= 11 is 1.45. The summed E-state index contributed by atoms with van der Waals surface area (Å²) < 4.78 is 13.0. The van der Waals surface area contributed by atoms with Crippen LogP contribution in [0.5, 0.6) is 0 Å². The monoisotopic (exact) mass is 397 g/mol. The number of nitrogens with one attached hydrogen (secondary N) is 2. The smallest absolute Gasteiger partial charge is 0.313 e. The SMILES string of the molecule is CCc1ccc(NC(=O)C(=O)NCCc2csc(-c3ccc(F)cc3)n2)cc1. The predicted octanol–water partition coefficient (Wildman–Crippen LogP) is 3.81. The Morgan fingerprint density at radius 1 is 1.04 bits per heavy atom. The molecule has 2 N–H and O–H groups in total. The van der Waals surface area contributed by atoms with Crippen LogP contribution in [-0.2, 0) is 22.4 Å². The van der Waals surface area contributed by atoms with Crippen molar-refractivity contribution in [2.75, 3.05) is 11.9 Å². The van der Waals surface area contributed by atoms with Crippen LogP contribution in [0, 0.1) is 5.82 Å². The van der Waals surface area contributed by atoms with Gasteiger partial charge in [-0.15, -0.1) is 11.3 Å². The Labute approximate surface area is 166 Å². The Balaban J connectivity index is 1.47. The molecule has 0 saturated heterocycles. The van der Waals surface area contributed by atoms with Crippen LogP contribution >= 0.6 is 11.3 Å². The molecule has 0 saturated carbocycles. The third-order valence-corrected chi connectivity index (χ3v) is 5.08. The van der Waals surface area contributed by atoms with E-state index in [1.807, 2.05) is 24.4 Å². The van der Waals surface area contributed by atoms with Crippen molar-refractivity contribution >= 4 is 28.8 Å². The van der Waals surface area contributed by atoms with Gasteiger partial charge in [-0.3, -0.25) is 9.59 Å². The average molecular weight is 397 g/mol. The lowest BCUT2D eigenvalue weighted by molar-refractivity contribution is -0.136. The van der Waals surface area contributed by atoms with Crippen molar-refractivity contribution in [3.63, 3.8) is 0 Å². The number of carbonyl (C=O) groups excluding carboxylic acids is 2. The molecule has 1 heterocycles. The van der Waals surface area contributed by atoms with Gasteiger partial charge in [0, 0.05) is 29.6 Å². The van der Waals surface area contributed by atoms with Gasteiger partial charge in [0.05, 0.1) is 5.69 Å². The average Bonchev–Trinajstić information content (AvgIpc) is 3.18. The number of anilines is 1. The largest absolute Gasteiger partial charge is 0.347 e. The van der Waals surface area contributed by atoms with E-state index >= 15 is 0 Å². The van der Waals surface area contributed by atoms with E-state index in [1.54, 1.807) is 24.3 Å². The molecule has 0 aliphatic heterocycles. The van der Waals surface area contributed by atoms with Crippen molar-refractivity contribution in [1.29, 1.82) is 0 Å². The summed E-state index contributed by atoms with van der Waals surface area (Å²) in [5.74, 6) is -1.68. The normalized spacial score (nSPS) is 10.5. The van der Waals surface area contributed by atoms with Gasteiger partial charge in [0.15, 0.2) is 0 Å². The van der Waals surface area contributed by atoms with Crippen molar-refractivity contribution in [2.24, 2.45) is 0 Å². The lowest BCUT2D eigenvalue weighted by Gasteiger charge is -2.06. The first-order valence-corrected chi connectivity index (χ1v) is 9.81. The van der Waals surface area contributed by atoms with Gasteiger partial charge >= 0.3 is 11.8 Å². The fraction of sp³-hybridized carbons (Fsp3) is 0.190. The van der Waals surface area contributed by atoms with Gasteiger partial charge < -0.3 is 10.6 Å². The number of halogens is 1. The maximum atomic E-state index is 13.0. The summed E-state index contributed by atoms with van der Waals surface area (Å²) in [6.07, 6.45) is 1.41. The van der Waals surface area contributed by atoms with E-state index in [0.717, 1.165) is 28.2 Å². The minimum absolute atomic E-state index is 0.289. The summed E-state index contributed by atoms with van der Waals surface area (Å²) in [6.45, 7) is 2.35. The fourth-order valence-electron chi connectivity index (χ4n) is 2.54. The number of rotatable bonds is 6. The molecule has 0 unspecified atom stereocenters. The number of benzene rings is 2. The van der Waals surface area contributed by atoms with Gasteiger partial charge in [0.25, 0.3) is 0 Å². The number of thiazole rings is 1. The lowest BCUT2D eigenvalue weighted by atomic mass is 10.1. The quantitative estimate of drug-likeness (QED) is 0.622. The molecule has 7 heteroatoms. The molecule has 2 aromatic carbocycles. The summed E-state index contributed by atoms with van der Waals surface area (Å²) in [5.41, 5.74) is 3.39. The van der Waals surface area contributed by atoms with Crippen LogP contribution in [0.3, 0.4) is 0 Å². The molecule has 144 valence electrons. The standard InChI is InChI=1S/C21H20FN3O2S/c1-2-14-3-9-17(10-4-14)24-20(27)19(26)23-12-11-18-13-28-21(25-18)15-5-7-16(22)8-6-15/h3-10,13H,2,11-12H2,1H3,(H,23,26)(H,24,27). The molecule has 1 aromatic heterocycles. The van der Waals surface area contributed by atoms with Crippen molar-refractivity contribution in [2.45, 2.75) is 19.8 Å². The van der Waals surface area contributed by atoms with E-state index < -0.39 is 11.8 Å². The van der Waals surface area contributed by atoms with Gasteiger partial charge in [-0.2, -0.15) is 0 Å². The first-order chi connectivity index (χ1) is 13.5. The molecule has 3 aromatic rings. The van der Waals surface area contributed by atoms with Crippen LogP contribution in [-0.4, -0.2) is 23.3 Å². The highest BCUT2D eigenvalue weighted by Gasteiger charge is 2.13. The second-order valence-corrected chi connectivity index (χ2v) is 7.02. The van der Waals surface area contributed by atoms with Crippen LogP contribution in [0.1, 0.15) is 18.2 Å². The first kappa shape index (κ1) is 19.7. The van der Waals surface area contributed by atoms with Gasteiger partial charge in [-0.1, -0.05) is 19.1 Å². The van der Waals surface area contributed by atoms with Crippen LogP contribution in [0.15, 0.2) is 53.9 Å². The molecule has 0 bridgehead atoms. The number of amides is 2. The Morgan fingerprint density at radius 3 is 2.43 bits per heavy atom. The topological polar surface area (TPSA) is 71.1 Å². The Morgan fingerprint density at radius 2 is 1.75 bits per heavy atom. The molecule has 0 atom stereocenters. The van der Waals surface area contributed by atoms with E-state index in [-0.39, 0.29) is 5.82 Å². The van der Waals surface area contributed by atoms with Crippen molar-refractivity contribution < 1.29 is 14.0 Å². The summed E-state index contributed by atoms with van der Waals surface area (Å²) in [5, 5.41) is 7.85. The van der Waals surface area contributed by atoms with Gasteiger partial charge in [-0.05, 0) is 48.4 Å². The number of hydrogen-bond donors (Lipinski definition) is 2.